The van der Waals surface area contributed by atoms with E-state index in [1.54, 1.807) is 19.9 Å². The van der Waals surface area contributed by atoms with Gasteiger partial charge in [0.1, 0.15) is 12.3 Å². The number of nitrogens with two attached hydrogens (primary N) is 1. The van der Waals surface area contributed by atoms with Crippen LogP contribution in [0.3, 0.4) is 0 Å². The largest absolute Gasteiger partial charge is 0.402 e. The fourth-order valence-corrected chi connectivity index (χ4v) is 7.59. The Hall–Kier alpha value is -5.80. The molecule has 1 saturated carbocycles. The van der Waals surface area contributed by atoms with Crippen molar-refractivity contribution in [3.8, 4) is 6.07 Å². The predicted molar refractivity (Wildman–Crippen MR) is 216 cm³/mol. The van der Waals surface area contributed by atoms with E-state index in [9.17, 15) is 29.2 Å². The number of nitrogens with one attached hydrogen (secondary N) is 1. The van der Waals surface area contributed by atoms with Gasteiger partial charge in [-0.05, 0) is 113 Å². The number of amides is 3. The van der Waals surface area contributed by atoms with Gasteiger partial charge in [-0.1, -0.05) is 30.3 Å². The molecule has 294 valence electrons. The van der Waals surface area contributed by atoms with E-state index in [1.807, 2.05) is 68.4 Å². The van der Waals surface area contributed by atoms with Crippen molar-refractivity contribution in [3.63, 3.8) is 0 Å². The molecule has 0 bridgehead atoms. The van der Waals surface area contributed by atoms with Gasteiger partial charge in [-0.25, -0.2) is 0 Å². The van der Waals surface area contributed by atoms with Crippen LogP contribution in [0.1, 0.15) is 85.5 Å². The Morgan fingerprint density at radius 1 is 1.05 bits per heavy atom. The summed E-state index contributed by atoms with van der Waals surface area (Å²) in [6, 6.07) is 20.9. The first-order chi connectivity index (χ1) is 26.8. The zero-order valence-corrected chi connectivity index (χ0v) is 33.1. The summed E-state index contributed by atoms with van der Waals surface area (Å²) in [5.74, 6) is -1.25. The first-order valence-corrected chi connectivity index (χ1v) is 19.1. The molecule has 0 spiro atoms. The van der Waals surface area contributed by atoms with Crippen molar-refractivity contribution in [3.05, 3.63) is 94.2 Å². The number of rotatable bonds is 17. The van der Waals surface area contributed by atoms with Crippen LogP contribution in [-0.2, 0) is 29.3 Å². The number of benzene rings is 3. The Morgan fingerprint density at radius 2 is 1.75 bits per heavy atom. The third kappa shape index (κ3) is 9.01. The van der Waals surface area contributed by atoms with Crippen molar-refractivity contribution in [1.29, 1.82) is 5.26 Å². The van der Waals surface area contributed by atoms with Gasteiger partial charge >= 0.3 is 0 Å². The third-order valence-electron chi connectivity index (χ3n) is 10.8. The molecule has 0 aromatic heterocycles. The number of ether oxygens (including phenoxy) is 1. The van der Waals surface area contributed by atoms with Gasteiger partial charge in [-0.15, -0.1) is 0 Å². The average molecular weight is 761 g/mol. The summed E-state index contributed by atoms with van der Waals surface area (Å²) in [5, 5.41) is 12.3. The van der Waals surface area contributed by atoms with E-state index in [0.29, 0.717) is 54.7 Å². The molecule has 1 saturated heterocycles. The molecule has 3 unspecified atom stereocenters. The number of aldehydes is 1. The molecule has 1 aliphatic carbocycles. The summed E-state index contributed by atoms with van der Waals surface area (Å²) in [4.78, 5) is 67.4. The van der Waals surface area contributed by atoms with Crippen LogP contribution in [0.25, 0.3) is 5.57 Å². The highest BCUT2D eigenvalue weighted by Gasteiger charge is 2.44. The number of anilines is 3. The van der Waals surface area contributed by atoms with Gasteiger partial charge in [0, 0.05) is 67.0 Å². The SMILES string of the molecule is CNC(=O)C(CCC=O)N(C=O)C(=O)c1cc(N2CCC(OC(C)CN(c3ccc(C4(C#N)CC4)cc3)c3cc(C(C(C)=O)=C(C)N)ccc3C)C2)ccc1C. The number of ketones is 1. The smallest absolute Gasteiger partial charge is 0.261 e. The molecular weight excluding hydrogens is 709 g/mol. The Kier molecular flexibility index (Phi) is 13.1. The molecule has 1 aliphatic heterocycles. The first kappa shape index (κ1) is 41.4. The lowest BCUT2D eigenvalue weighted by Gasteiger charge is -2.31. The van der Waals surface area contributed by atoms with Gasteiger partial charge in [-0.3, -0.25) is 24.1 Å². The van der Waals surface area contributed by atoms with Crippen LogP contribution in [0.2, 0.25) is 0 Å². The fourth-order valence-electron chi connectivity index (χ4n) is 7.59. The summed E-state index contributed by atoms with van der Waals surface area (Å²) < 4.78 is 6.70. The minimum atomic E-state index is -1.11. The van der Waals surface area contributed by atoms with E-state index in [-0.39, 0.29) is 30.8 Å². The summed E-state index contributed by atoms with van der Waals surface area (Å²) in [7, 11) is 1.42. The van der Waals surface area contributed by atoms with Crippen molar-refractivity contribution < 1.29 is 28.7 Å². The van der Waals surface area contributed by atoms with Crippen molar-refractivity contribution in [1.82, 2.24) is 10.2 Å². The van der Waals surface area contributed by atoms with E-state index in [1.165, 1.54) is 14.0 Å². The zero-order chi connectivity index (χ0) is 40.7. The van der Waals surface area contributed by atoms with Crippen LogP contribution in [0.15, 0.2) is 66.4 Å². The van der Waals surface area contributed by atoms with Gasteiger partial charge in [0.2, 0.25) is 12.3 Å². The minimum Gasteiger partial charge on any atom is -0.402 e. The van der Waals surface area contributed by atoms with E-state index in [2.05, 4.69) is 21.2 Å². The maximum atomic E-state index is 13.7. The molecule has 1 heterocycles. The molecule has 12 heteroatoms. The molecular formula is C44H52N6O6. The molecule has 3 amide bonds. The molecule has 0 radical (unpaired) electrons. The molecule has 5 rings (SSSR count). The second-order valence-electron chi connectivity index (χ2n) is 15.0. The second kappa shape index (κ2) is 17.8. The van der Waals surface area contributed by atoms with Crippen molar-refractivity contribution in [2.24, 2.45) is 5.73 Å². The highest BCUT2D eigenvalue weighted by atomic mass is 16.5. The Bertz CT molecular complexity index is 2050. The molecule has 56 heavy (non-hydrogen) atoms. The van der Waals surface area contributed by atoms with Crippen LogP contribution in [0, 0.1) is 25.2 Å². The van der Waals surface area contributed by atoms with Gasteiger partial charge in [0.25, 0.3) is 5.91 Å². The number of Topliss-reactive ketones (excluding diaryl/α,β-unsaturated/α-hetero) is 1. The highest BCUT2D eigenvalue weighted by Crippen LogP contribution is 2.48. The fraction of sp³-hybridized carbons (Fsp3) is 0.409. The molecule has 3 N–H and O–H groups in total. The molecule has 2 aliphatic rings. The lowest BCUT2D eigenvalue weighted by Crippen LogP contribution is -2.48. The maximum Gasteiger partial charge on any atom is 0.261 e. The quantitative estimate of drug-likeness (QED) is 0.130. The lowest BCUT2D eigenvalue weighted by atomic mass is 9.96. The summed E-state index contributed by atoms with van der Waals surface area (Å²) >= 11 is 0. The predicted octanol–water partition coefficient (Wildman–Crippen LogP) is 5.65. The van der Waals surface area contributed by atoms with Gasteiger partial charge in [0.05, 0.1) is 23.7 Å². The number of imide groups is 1. The monoisotopic (exact) mass is 760 g/mol. The van der Waals surface area contributed by atoms with Gasteiger partial charge < -0.3 is 30.4 Å². The normalized spacial score (nSPS) is 17.2. The van der Waals surface area contributed by atoms with E-state index in [0.717, 1.165) is 57.9 Å². The maximum absolute atomic E-state index is 13.7. The molecule has 12 nitrogen and oxygen atoms in total. The van der Waals surface area contributed by atoms with Crippen LogP contribution in [-0.4, -0.2) is 80.1 Å². The number of hydrogen-bond donors (Lipinski definition) is 2. The lowest BCUT2D eigenvalue weighted by molar-refractivity contribution is -0.131. The van der Waals surface area contributed by atoms with Crippen LogP contribution >= 0.6 is 0 Å². The van der Waals surface area contributed by atoms with Crippen molar-refractivity contribution in [2.75, 3.05) is 36.5 Å². The van der Waals surface area contributed by atoms with E-state index >= 15 is 0 Å². The zero-order valence-electron chi connectivity index (χ0n) is 33.1. The Morgan fingerprint density at radius 3 is 2.34 bits per heavy atom. The Labute approximate surface area is 329 Å². The number of likely N-dealkylation sites (N-methyl/N-ethyl adjacent to an activating group) is 1. The summed E-state index contributed by atoms with van der Waals surface area (Å²) in [5.41, 5.74) is 13.0. The standard InChI is InChI=1S/C44H52N6O6/c1-28-10-14-36(23-38(28)43(55)50(27-52)39(8-7-21-51)42(54)47-6)48-20-17-37(25-48)56-30(3)24-49(35-15-12-34(13-16-35)44(26-45)18-19-44)40-22-33(11-9-29(40)2)41(31(4)46)32(5)53/h9-16,21-23,27,30,37,39H,7-8,17-20,24-25,46H2,1-6H3,(H,47,54). The number of allylic oxidation sites excluding steroid dienone is 2. The number of hydrogen-bond acceptors (Lipinski definition) is 10. The summed E-state index contributed by atoms with van der Waals surface area (Å²) in [6.45, 7) is 10.8. The average Bonchev–Trinajstić information content (AvgIpc) is 3.85. The Balaban J connectivity index is 1.36. The highest BCUT2D eigenvalue weighted by molar-refractivity contribution is 6.20. The van der Waals surface area contributed by atoms with E-state index in [4.69, 9.17) is 10.5 Å². The minimum absolute atomic E-state index is 0.0213. The number of nitriles is 1. The first-order valence-electron chi connectivity index (χ1n) is 19.1. The van der Waals surface area contributed by atoms with Gasteiger partial charge in [-0.2, -0.15) is 5.26 Å². The molecule has 3 atom stereocenters. The molecule has 3 aromatic rings. The number of carbonyl (C=O) groups excluding carboxylic acids is 5. The number of carbonyl (C=O) groups is 5. The van der Waals surface area contributed by atoms with Crippen LogP contribution in [0.4, 0.5) is 17.1 Å². The third-order valence-corrected chi connectivity index (χ3v) is 10.8. The second-order valence-corrected chi connectivity index (χ2v) is 15.0. The van der Waals surface area contributed by atoms with Crippen LogP contribution < -0.4 is 20.9 Å². The van der Waals surface area contributed by atoms with Gasteiger partial charge in [0.15, 0.2) is 5.78 Å². The molecule has 2 fully saturated rings. The summed E-state index contributed by atoms with van der Waals surface area (Å²) in [6.07, 6.45) is 3.15. The topological polar surface area (TPSA) is 166 Å². The molecule has 3 aromatic carbocycles. The number of aryl methyl sites for hydroxylation is 2. The van der Waals surface area contributed by atoms with Crippen molar-refractivity contribution >= 4 is 52.9 Å². The van der Waals surface area contributed by atoms with Crippen molar-refractivity contribution in [2.45, 2.75) is 90.4 Å². The number of nitrogens with zero attached hydrogens (tertiary/aromatic N) is 4. The van der Waals surface area contributed by atoms with Crippen LogP contribution in [0.5, 0.6) is 0 Å². The van der Waals surface area contributed by atoms with E-state index < -0.39 is 23.3 Å².